The number of methoxy groups -OCH3 is 1. The first-order valence-corrected chi connectivity index (χ1v) is 6.67. The number of aryl methyl sites for hydroxylation is 1. The van der Waals surface area contributed by atoms with Crippen LogP contribution in [0.5, 0.6) is 5.75 Å². The quantitative estimate of drug-likeness (QED) is 0.725. The molecule has 22 heavy (non-hydrogen) atoms. The first-order valence-electron chi connectivity index (χ1n) is 6.67. The zero-order valence-electron chi connectivity index (χ0n) is 12.2. The maximum atomic E-state index is 11.9. The molecular weight excluding hydrogens is 282 g/mol. The topological polar surface area (TPSA) is 87.5 Å². The molecule has 0 spiro atoms. The second-order valence-electron chi connectivity index (χ2n) is 4.71. The molecular formula is C15H15N5O2. The van der Waals surface area contributed by atoms with Crippen LogP contribution in [0, 0.1) is 0 Å². The molecule has 3 aromatic rings. The molecule has 0 aliphatic rings. The zero-order chi connectivity index (χ0) is 15.5. The Balaban J connectivity index is 1.95. The van der Waals surface area contributed by atoms with Crippen LogP contribution in [0.25, 0.3) is 11.4 Å². The van der Waals surface area contributed by atoms with Crippen LogP contribution in [0.15, 0.2) is 57.6 Å². The number of ether oxygens (including phenoxy) is 1. The van der Waals surface area contributed by atoms with Crippen LogP contribution < -0.4 is 10.3 Å². The molecule has 0 bridgehead atoms. The molecule has 0 aliphatic carbocycles. The minimum absolute atomic E-state index is 0.248. The van der Waals surface area contributed by atoms with Gasteiger partial charge in [0.2, 0.25) is 0 Å². The summed E-state index contributed by atoms with van der Waals surface area (Å²) < 4.78 is 6.98. The van der Waals surface area contributed by atoms with E-state index in [1.54, 1.807) is 31.4 Å². The number of H-pyrrole nitrogens is 2. The van der Waals surface area contributed by atoms with Crippen LogP contribution in [-0.4, -0.2) is 21.9 Å². The molecule has 0 atom stereocenters. The Morgan fingerprint density at radius 1 is 1.09 bits per heavy atom. The standard InChI is InChI=1S/C15H15N5O2/c1-20-9-3-4-12(20)13-14(15(21)19-17-13)18-16-10-5-7-11(22-2)8-6-10/h3-9H,1-2H3,(H2,17,19,21). The molecule has 0 saturated carbocycles. The Morgan fingerprint density at radius 3 is 2.50 bits per heavy atom. The summed E-state index contributed by atoms with van der Waals surface area (Å²) >= 11 is 0. The molecule has 0 fully saturated rings. The molecule has 0 saturated heterocycles. The second-order valence-corrected chi connectivity index (χ2v) is 4.71. The van der Waals surface area contributed by atoms with Gasteiger partial charge >= 0.3 is 0 Å². The van der Waals surface area contributed by atoms with Crippen molar-refractivity contribution in [2.45, 2.75) is 0 Å². The highest BCUT2D eigenvalue weighted by Gasteiger charge is 2.13. The summed E-state index contributed by atoms with van der Waals surface area (Å²) in [6, 6.07) is 10.9. The lowest BCUT2D eigenvalue weighted by Crippen LogP contribution is -1.96. The molecule has 2 aromatic heterocycles. The monoisotopic (exact) mass is 297 g/mol. The highest BCUT2D eigenvalue weighted by Crippen LogP contribution is 2.26. The number of nitrogens with one attached hydrogen (secondary N) is 2. The third kappa shape index (κ3) is 2.56. The van der Waals surface area contributed by atoms with Gasteiger partial charge in [0.25, 0.3) is 5.56 Å². The van der Waals surface area contributed by atoms with Crippen molar-refractivity contribution in [3.63, 3.8) is 0 Å². The first kappa shape index (κ1) is 13.9. The van der Waals surface area contributed by atoms with Crippen molar-refractivity contribution in [3.05, 3.63) is 52.9 Å². The fourth-order valence-corrected chi connectivity index (χ4v) is 2.11. The van der Waals surface area contributed by atoms with E-state index in [0.717, 1.165) is 11.4 Å². The van der Waals surface area contributed by atoms with Gasteiger partial charge in [-0.1, -0.05) is 0 Å². The third-order valence-electron chi connectivity index (χ3n) is 3.29. The predicted molar refractivity (Wildman–Crippen MR) is 83.0 cm³/mol. The zero-order valence-corrected chi connectivity index (χ0v) is 12.2. The molecule has 2 heterocycles. The Morgan fingerprint density at radius 2 is 1.86 bits per heavy atom. The predicted octanol–water partition coefficient (Wildman–Crippen LogP) is 3.13. The molecule has 0 radical (unpaired) electrons. The highest BCUT2D eigenvalue weighted by atomic mass is 16.5. The van der Waals surface area contributed by atoms with E-state index < -0.39 is 0 Å². The Labute approximate surface area is 126 Å². The van der Waals surface area contributed by atoms with Gasteiger partial charge in [-0.15, -0.1) is 5.11 Å². The van der Waals surface area contributed by atoms with E-state index in [-0.39, 0.29) is 11.2 Å². The molecule has 0 unspecified atom stereocenters. The fourth-order valence-electron chi connectivity index (χ4n) is 2.11. The van der Waals surface area contributed by atoms with Crippen molar-refractivity contribution in [3.8, 4) is 17.1 Å². The van der Waals surface area contributed by atoms with Crippen LogP contribution in [0.3, 0.4) is 0 Å². The van der Waals surface area contributed by atoms with Gasteiger partial charge in [0.1, 0.15) is 11.4 Å². The van der Waals surface area contributed by atoms with E-state index in [4.69, 9.17) is 4.74 Å². The van der Waals surface area contributed by atoms with Gasteiger partial charge in [-0.2, -0.15) is 5.11 Å². The van der Waals surface area contributed by atoms with E-state index in [9.17, 15) is 4.79 Å². The van der Waals surface area contributed by atoms with E-state index in [0.29, 0.717) is 11.4 Å². The van der Waals surface area contributed by atoms with Crippen molar-refractivity contribution < 1.29 is 4.74 Å². The van der Waals surface area contributed by atoms with Gasteiger partial charge in [-0.25, -0.2) is 0 Å². The third-order valence-corrected chi connectivity index (χ3v) is 3.29. The minimum Gasteiger partial charge on any atom is -0.497 e. The lowest BCUT2D eigenvalue weighted by Gasteiger charge is -2.00. The summed E-state index contributed by atoms with van der Waals surface area (Å²) in [5, 5.41) is 13.6. The number of rotatable bonds is 4. The summed E-state index contributed by atoms with van der Waals surface area (Å²) in [5.74, 6) is 0.739. The molecule has 7 nitrogen and oxygen atoms in total. The van der Waals surface area contributed by atoms with Crippen LogP contribution in [0.2, 0.25) is 0 Å². The second kappa shape index (κ2) is 5.72. The van der Waals surface area contributed by atoms with Crippen molar-refractivity contribution in [2.24, 2.45) is 17.3 Å². The Bertz CT molecular complexity index is 855. The number of benzene rings is 1. The number of azo groups is 1. The van der Waals surface area contributed by atoms with Crippen molar-refractivity contribution in [1.82, 2.24) is 14.8 Å². The molecule has 0 amide bonds. The molecule has 1 aromatic carbocycles. The molecule has 3 rings (SSSR count). The summed E-state index contributed by atoms with van der Waals surface area (Å²) in [6.45, 7) is 0. The minimum atomic E-state index is -0.312. The highest BCUT2D eigenvalue weighted by molar-refractivity contribution is 5.68. The Hall–Kier alpha value is -3.09. The average molecular weight is 297 g/mol. The van der Waals surface area contributed by atoms with Crippen molar-refractivity contribution in [1.29, 1.82) is 0 Å². The number of aromatic nitrogens is 3. The number of aromatic amines is 2. The van der Waals surface area contributed by atoms with Gasteiger partial charge in [0, 0.05) is 13.2 Å². The Kier molecular flexibility index (Phi) is 3.61. The fraction of sp³-hybridized carbons (Fsp3) is 0.133. The molecule has 0 aliphatic heterocycles. The summed E-state index contributed by atoms with van der Waals surface area (Å²) in [5.41, 5.74) is 2.03. The van der Waals surface area contributed by atoms with Crippen LogP contribution >= 0.6 is 0 Å². The summed E-state index contributed by atoms with van der Waals surface area (Å²) in [7, 11) is 3.49. The van der Waals surface area contributed by atoms with E-state index in [2.05, 4.69) is 20.4 Å². The smallest absolute Gasteiger partial charge is 0.292 e. The first-order chi connectivity index (χ1) is 10.7. The molecule has 2 N–H and O–H groups in total. The van der Waals surface area contributed by atoms with Gasteiger partial charge in [0.15, 0.2) is 5.69 Å². The van der Waals surface area contributed by atoms with Gasteiger partial charge in [-0.3, -0.25) is 15.0 Å². The van der Waals surface area contributed by atoms with E-state index >= 15 is 0 Å². The van der Waals surface area contributed by atoms with E-state index in [1.807, 2.05) is 29.9 Å². The SMILES string of the molecule is COc1ccc(N=Nc2c(-c3cccn3C)[nH][nH]c2=O)cc1. The largest absolute Gasteiger partial charge is 0.497 e. The number of nitrogens with zero attached hydrogens (tertiary/aromatic N) is 3. The van der Waals surface area contributed by atoms with E-state index in [1.165, 1.54) is 0 Å². The van der Waals surface area contributed by atoms with Crippen LogP contribution in [-0.2, 0) is 7.05 Å². The van der Waals surface area contributed by atoms with Gasteiger partial charge in [-0.05, 0) is 36.4 Å². The van der Waals surface area contributed by atoms with Crippen LogP contribution in [0.4, 0.5) is 11.4 Å². The summed E-state index contributed by atoms with van der Waals surface area (Å²) in [6.07, 6.45) is 1.89. The van der Waals surface area contributed by atoms with Gasteiger partial charge in [0.05, 0.1) is 18.5 Å². The normalized spacial score (nSPS) is 11.2. The molecule has 7 heteroatoms. The maximum Gasteiger partial charge on any atom is 0.292 e. The van der Waals surface area contributed by atoms with Gasteiger partial charge < -0.3 is 9.30 Å². The maximum absolute atomic E-state index is 11.9. The van der Waals surface area contributed by atoms with Crippen molar-refractivity contribution in [2.75, 3.05) is 7.11 Å². The molecule has 112 valence electrons. The number of hydrogen-bond acceptors (Lipinski definition) is 4. The lowest BCUT2D eigenvalue weighted by atomic mass is 10.3. The lowest BCUT2D eigenvalue weighted by molar-refractivity contribution is 0.415. The van der Waals surface area contributed by atoms with Crippen molar-refractivity contribution >= 4 is 11.4 Å². The van der Waals surface area contributed by atoms with Crippen LogP contribution in [0.1, 0.15) is 0 Å². The average Bonchev–Trinajstić information content (AvgIpc) is 3.11. The summed E-state index contributed by atoms with van der Waals surface area (Å²) in [4.78, 5) is 11.9. The number of hydrogen-bond donors (Lipinski definition) is 2.